The fraction of sp³-hybridized carbons (Fsp3) is 0.571. The van der Waals surface area contributed by atoms with E-state index < -0.39 is 0 Å². The minimum absolute atomic E-state index is 0.251. The molecule has 0 bridgehead atoms. The van der Waals surface area contributed by atoms with Crippen molar-refractivity contribution >= 4 is 0 Å². The van der Waals surface area contributed by atoms with Gasteiger partial charge in [-0.1, -0.05) is 33.3 Å². The molecule has 0 aliphatic rings. The quantitative estimate of drug-likeness (QED) is 0.448. The molecule has 0 aliphatic carbocycles. The van der Waals surface area contributed by atoms with Gasteiger partial charge >= 0.3 is 0 Å². The molecule has 0 saturated carbocycles. The van der Waals surface area contributed by atoms with Crippen LogP contribution in [0.5, 0.6) is 0 Å². The lowest BCUT2D eigenvalue weighted by molar-refractivity contribution is 0.169. The van der Waals surface area contributed by atoms with Crippen LogP contribution in [0, 0.1) is 5.92 Å². The lowest BCUT2D eigenvalue weighted by Crippen LogP contribution is -2.06. The van der Waals surface area contributed by atoms with E-state index in [-0.39, 0.29) is 5.83 Å². The third-order valence-corrected chi connectivity index (χ3v) is 2.59. The number of hydrogen-bond acceptors (Lipinski definition) is 1. The number of halogens is 1. The monoisotopic (exact) mass is 226 g/mol. The summed E-state index contributed by atoms with van der Waals surface area (Å²) in [6.45, 7) is 12.0. The Morgan fingerprint density at radius 3 is 2.25 bits per heavy atom. The molecule has 0 aromatic heterocycles. The normalized spacial score (nSPS) is 11.5. The first-order chi connectivity index (χ1) is 7.54. The van der Waals surface area contributed by atoms with Gasteiger partial charge in [-0.3, -0.25) is 0 Å². The van der Waals surface area contributed by atoms with Gasteiger partial charge in [0, 0.05) is 6.08 Å². The first kappa shape index (κ1) is 14.9. The fourth-order valence-electron chi connectivity index (χ4n) is 1.17. The molecule has 0 aliphatic heterocycles. The first-order valence-electron chi connectivity index (χ1n) is 5.85. The summed E-state index contributed by atoms with van der Waals surface area (Å²) in [6.07, 6.45) is 5.09. The van der Waals surface area contributed by atoms with Crippen LogP contribution in [0.4, 0.5) is 4.39 Å². The predicted molar refractivity (Wildman–Crippen MR) is 67.8 cm³/mol. The highest BCUT2D eigenvalue weighted by Crippen LogP contribution is 2.14. The highest BCUT2D eigenvalue weighted by atomic mass is 19.1. The second-order valence-electron chi connectivity index (χ2n) is 4.09. The zero-order valence-electron chi connectivity index (χ0n) is 10.8. The summed E-state index contributed by atoms with van der Waals surface area (Å²) >= 11 is 0. The molecule has 2 heteroatoms. The van der Waals surface area contributed by atoms with Gasteiger partial charge in [0.15, 0.2) is 0 Å². The molecule has 0 N–H and O–H groups in total. The molecule has 1 nitrogen and oxygen atoms in total. The van der Waals surface area contributed by atoms with Crippen LogP contribution in [-0.2, 0) is 4.74 Å². The van der Waals surface area contributed by atoms with E-state index in [1.54, 1.807) is 19.9 Å². The van der Waals surface area contributed by atoms with Gasteiger partial charge in [0.25, 0.3) is 0 Å². The van der Waals surface area contributed by atoms with Crippen molar-refractivity contribution in [1.29, 1.82) is 0 Å². The molecular weight excluding hydrogens is 203 g/mol. The average Bonchev–Trinajstić information content (AvgIpc) is 2.28. The van der Waals surface area contributed by atoms with Crippen LogP contribution in [0.15, 0.2) is 35.9 Å². The van der Waals surface area contributed by atoms with Crippen LogP contribution in [-0.4, -0.2) is 6.61 Å². The van der Waals surface area contributed by atoms with E-state index in [2.05, 4.69) is 20.4 Å². The number of hydrogen-bond donors (Lipinski definition) is 0. The topological polar surface area (TPSA) is 9.23 Å². The molecule has 0 unspecified atom stereocenters. The minimum Gasteiger partial charge on any atom is -0.493 e. The molecule has 0 rings (SSSR count). The highest BCUT2D eigenvalue weighted by Gasteiger charge is 2.05. The second kappa shape index (κ2) is 8.14. The summed E-state index contributed by atoms with van der Waals surface area (Å²) in [4.78, 5) is 0. The van der Waals surface area contributed by atoms with E-state index in [1.807, 2.05) is 0 Å². The SMILES string of the molecule is C=C/C(=C\C(F)=C(C)C)OCC(CC)CC. The Kier molecular flexibility index (Phi) is 7.61. The van der Waals surface area contributed by atoms with Crippen molar-refractivity contribution in [3.63, 3.8) is 0 Å². The van der Waals surface area contributed by atoms with Gasteiger partial charge in [0.05, 0.1) is 6.61 Å². The summed E-state index contributed by atoms with van der Waals surface area (Å²) in [6, 6.07) is 0. The Morgan fingerprint density at radius 1 is 1.31 bits per heavy atom. The molecule has 0 fully saturated rings. The standard InChI is InChI=1S/C14H23FO/c1-6-12(7-2)10-16-13(8-3)9-14(15)11(4)5/h8-9,12H,3,6-7,10H2,1-2,4-5H3/b13-9+. The minimum atomic E-state index is -0.251. The smallest absolute Gasteiger partial charge is 0.125 e. The van der Waals surface area contributed by atoms with Gasteiger partial charge in [0.1, 0.15) is 11.6 Å². The van der Waals surface area contributed by atoms with Gasteiger partial charge < -0.3 is 4.74 Å². The largest absolute Gasteiger partial charge is 0.493 e. The zero-order valence-corrected chi connectivity index (χ0v) is 10.8. The molecule has 0 radical (unpaired) electrons. The summed E-state index contributed by atoms with van der Waals surface area (Å²) < 4.78 is 18.9. The Balaban J connectivity index is 4.42. The highest BCUT2D eigenvalue weighted by molar-refractivity contribution is 5.23. The van der Waals surface area contributed by atoms with Gasteiger partial charge in [-0.05, 0) is 31.4 Å². The van der Waals surface area contributed by atoms with E-state index >= 15 is 0 Å². The third kappa shape index (κ3) is 5.74. The van der Waals surface area contributed by atoms with Gasteiger partial charge in [-0.2, -0.15) is 0 Å². The molecule has 0 aromatic carbocycles. The lowest BCUT2D eigenvalue weighted by Gasteiger charge is -2.14. The average molecular weight is 226 g/mol. The Bertz CT molecular complexity index is 268. The summed E-state index contributed by atoms with van der Waals surface area (Å²) in [5, 5.41) is 0. The molecular formula is C14H23FO. The van der Waals surface area contributed by atoms with Crippen molar-refractivity contribution in [2.45, 2.75) is 40.5 Å². The van der Waals surface area contributed by atoms with Crippen molar-refractivity contribution in [2.24, 2.45) is 5.92 Å². The van der Waals surface area contributed by atoms with Crippen molar-refractivity contribution in [3.05, 3.63) is 35.9 Å². The molecule has 0 saturated heterocycles. The maximum absolute atomic E-state index is 13.3. The summed E-state index contributed by atoms with van der Waals surface area (Å²) in [5.41, 5.74) is 0.644. The maximum atomic E-state index is 13.3. The van der Waals surface area contributed by atoms with Crippen molar-refractivity contribution in [3.8, 4) is 0 Å². The van der Waals surface area contributed by atoms with Crippen LogP contribution in [0.1, 0.15) is 40.5 Å². The van der Waals surface area contributed by atoms with Crippen molar-refractivity contribution < 1.29 is 9.13 Å². The van der Waals surface area contributed by atoms with Crippen LogP contribution in [0.25, 0.3) is 0 Å². The van der Waals surface area contributed by atoms with E-state index in [1.165, 1.54) is 6.08 Å². The third-order valence-electron chi connectivity index (χ3n) is 2.59. The molecule has 0 amide bonds. The predicted octanol–water partition coefficient (Wildman–Crippen LogP) is 4.77. The zero-order chi connectivity index (χ0) is 12.6. The number of ether oxygens (including phenoxy) is 1. The molecule has 92 valence electrons. The molecule has 0 spiro atoms. The van der Waals surface area contributed by atoms with Gasteiger partial charge in [-0.25, -0.2) is 4.39 Å². The summed E-state index contributed by atoms with van der Waals surface area (Å²) in [7, 11) is 0. The van der Waals surface area contributed by atoms with Crippen LogP contribution in [0.3, 0.4) is 0 Å². The van der Waals surface area contributed by atoms with E-state index in [0.717, 1.165) is 12.8 Å². The Morgan fingerprint density at radius 2 is 1.88 bits per heavy atom. The Labute approximate surface area is 98.7 Å². The Hall–Kier alpha value is -1.05. The van der Waals surface area contributed by atoms with Crippen molar-refractivity contribution in [2.75, 3.05) is 6.61 Å². The molecule has 0 atom stereocenters. The van der Waals surface area contributed by atoms with Crippen LogP contribution in [0.2, 0.25) is 0 Å². The van der Waals surface area contributed by atoms with E-state index in [9.17, 15) is 4.39 Å². The van der Waals surface area contributed by atoms with E-state index in [4.69, 9.17) is 4.74 Å². The van der Waals surface area contributed by atoms with Crippen LogP contribution < -0.4 is 0 Å². The van der Waals surface area contributed by atoms with Crippen LogP contribution >= 0.6 is 0 Å². The summed E-state index contributed by atoms with van der Waals surface area (Å²) in [5.74, 6) is 0.781. The fourth-order valence-corrected chi connectivity index (χ4v) is 1.17. The first-order valence-corrected chi connectivity index (χ1v) is 5.85. The molecule has 0 aromatic rings. The van der Waals surface area contributed by atoms with Gasteiger partial charge in [-0.15, -0.1) is 0 Å². The van der Waals surface area contributed by atoms with Gasteiger partial charge in [0.2, 0.25) is 0 Å². The molecule has 0 heterocycles. The maximum Gasteiger partial charge on any atom is 0.125 e. The number of rotatable bonds is 7. The van der Waals surface area contributed by atoms with E-state index in [0.29, 0.717) is 23.9 Å². The lowest BCUT2D eigenvalue weighted by atomic mass is 10.1. The molecule has 16 heavy (non-hydrogen) atoms. The van der Waals surface area contributed by atoms with Crippen molar-refractivity contribution in [1.82, 2.24) is 0 Å². The number of allylic oxidation sites excluding steroid dienone is 4. The second-order valence-corrected chi connectivity index (χ2v) is 4.09.